The molecule has 1 aromatic heterocycles. The van der Waals surface area contributed by atoms with Gasteiger partial charge >= 0.3 is 0 Å². The number of hydrogen-bond donors (Lipinski definition) is 1. The molecule has 2 aromatic rings. The third-order valence-electron chi connectivity index (χ3n) is 3.75. The van der Waals surface area contributed by atoms with E-state index in [-0.39, 0.29) is 6.10 Å². The number of aryl methyl sites for hydroxylation is 1. The van der Waals surface area contributed by atoms with Gasteiger partial charge in [0, 0.05) is 20.0 Å². The van der Waals surface area contributed by atoms with Gasteiger partial charge in [-0.25, -0.2) is 0 Å². The van der Waals surface area contributed by atoms with Crippen molar-refractivity contribution in [2.24, 2.45) is 0 Å². The number of hydrogen-bond acceptors (Lipinski definition) is 6. The van der Waals surface area contributed by atoms with Crippen LogP contribution < -0.4 is 4.74 Å². The summed E-state index contributed by atoms with van der Waals surface area (Å²) in [5.41, 5.74) is 1.22. The van der Waals surface area contributed by atoms with E-state index < -0.39 is 0 Å². The minimum Gasteiger partial charge on any atom is -0.485 e. The fourth-order valence-corrected chi connectivity index (χ4v) is 2.67. The van der Waals surface area contributed by atoms with Crippen molar-refractivity contribution in [3.63, 3.8) is 0 Å². The second-order valence-corrected chi connectivity index (χ2v) is 5.69. The van der Waals surface area contributed by atoms with Crippen molar-refractivity contribution in [3.8, 4) is 5.75 Å². The van der Waals surface area contributed by atoms with E-state index in [9.17, 15) is 5.11 Å². The summed E-state index contributed by atoms with van der Waals surface area (Å²) in [6, 6.07) is 8.00. The fourth-order valence-electron chi connectivity index (χ4n) is 2.67. The minimum atomic E-state index is -0.185. The lowest BCUT2D eigenvalue weighted by Crippen LogP contribution is -2.37. The summed E-state index contributed by atoms with van der Waals surface area (Å²) < 4.78 is 10.5. The molecule has 0 radical (unpaired) electrons. The van der Waals surface area contributed by atoms with Gasteiger partial charge < -0.3 is 14.4 Å². The summed E-state index contributed by atoms with van der Waals surface area (Å²) in [4.78, 5) is 6.38. The molecule has 0 spiro atoms. The number of rotatable bonds is 5. The van der Waals surface area contributed by atoms with Crippen LogP contribution in [-0.4, -0.2) is 39.3 Å². The molecule has 6 heteroatoms. The Morgan fingerprint density at radius 1 is 1.36 bits per heavy atom. The highest BCUT2D eigenvalue weighted by Crippen LogP contribution is 2.17. The molecule has 22 heavy (non-hydrogen) atoms. The Kier molecular flexibility index (Phi) is 4.70. The molecule has 1 aliphatic rings. The first kappa shape index (κ1) is 15.0. The minimum absolute atomic E-state index is 0.185. The molecule has 1 fully saturated rings. The Labute approximate surface area is 129 Å². The van der Waals surface area contributed by atoms with Crippen LogP contribution in [0.25, 0.3) is 0 Å². The smallest absolute Gasteiger partial charge is 0.223 e. The molecule has 1 aromatic carbocycles. The van der Waals surface area contributed by atoms with Crippen LogP contribution in [0.1, 0.15) is 30.1 Å². The van der Waals surface area contributed by atoms with Crippen LogP contribution in [0.15, 0.2) is 28.8 Å². The zero-order valence-corrected chi connectivity index (χ0v) is 12.7. The van der Waals surface area contributed by atoms with Crippen LogP contribution in [0.5, 0.6) is 5.75 Å². The Balaban J connectivity index is 1.51. The molecule has 1 N–H and O–H groups in total. The third-order valence-corrected chi connectivity index (χ3v) is 3.75. The number of nitrogens with zero attached hydrogens (tertiary/aromatic N) is 3. The molecule has 6 nitrogen and oxygen atoms in total. The van der Waals surface area contributed by atoms with Gasteiger partial charge in [0.15, 0.2) is 6.61 Å². The molecular weight excluding hydrogens is 282 g/mol. The summed E-state index contributed by atoms with van der Waals surface area (Å²) in [6.07, 6.45) is 1.79. The van der Waals surface area contributed by atoms with Crippen molar-refractivity contribution in [1.82, 2.24) is 15.0 Å². The number of ether oxygens (including phenoxy) is 1. The van der Waals surface area contributed by atoms with E-state index in [4.69, 9.17) is 9.26 Å². The van der Waals surface area contributed by atoms with Gasteiger partial charge in [-0.05, 0) is 37.1 Å². The first-order valence-corrected chi connectivity index (χ1v) is 7.60. The summed E-state index contributed by atoms with van der Waals surface area (Å²) in [5, 5.41) is 13.5. The van der Waals surface area contributed by atoms with E-state index in [0.29, 0.717) is 18.3 Å². The number of β-amino-alcohol motifs (C(OH)–C–C–N with tert-alkyl or cyclic N) is 1. The van der Waals surface area contributed by atoms with Gasteiger partial charge in [0.25, 0.3) is 0 Å². The van der Waals surface area contributed by atoms with Crippen molar-refractivity contribution in [3.05, 3.63) is 41.5 Å². The maximum atomic E-state index is 9.70. The zero-order chi connectivity index (χ0) is 15.4. The van der Waals surface area contributed by atoms with Gasteiger partial charge in [0.05, 0.1) is 6.10 Å². The molecule has 0 saturated carbocycles. The maximum Gasteiger partial charge on any atom is 0.223 e. The third kappa shape index (κ3) is 4.05. The van der Waals surface area contributed by atoms with Crippen molar-refractivity contribution in [2.45, 2.75) is 39.0 Å². The topological polar surface area (TPSA) is 71.6 Å². The first-order chi connectivity index (χ1) is 10.7. The van der Waals surface area contributed by atoms with E-state index in [1.807, 2.05) is 12.1 Å². The summed E-state index contributed by atoms with van der Waals surface area (Å²) in [5.74, 6) is 1.87. The second kappa shape index (κ2) is 6.89. The molecule has 1 atom stereocenters. The van der Waals surface area contributed by atoms with Crippen LogP contribution in [0.2, 0.25) is 0 Å². The monoisotopic (exact) mass is 303 g/mol. The van der Waals surface area contributed by atoms with Gasteiger partial charge in [0.2, 0.25) is 11.7 Å². The Bertz CT molecular complexity index is 597. The lowest BCUT2D eigenvalue weighted by Gasteiger charge is -2.29. The van der Waals surface area contributed by atoms with Crippen LogP contribution in [0.3, 0.4) is 0 Å². The summed E-state index contributed by atoms with van der Waals surface area (Å²) in [6.45, 7) is 4.72. The Morgan fingerprint density at radius 2 is 2.18 bits per heavy atom. The number of aromatic nitrogens is 2. The number of likely N-dealkylation sites (tertiary alicyclic amines) is 1. The molecule has 0 amide bonds. The van der Waals surface area contributed by atoms with Gasteiger partial charge in [-0.2, -0.15) is 4.98 Å². The lowest BCUT2D eigenvalue weighted by molar-refractivity contribution is 0.0668. The molecule has 1 aliphatic heterocycles. The van der Waals surface area contributed by atoms with Gasteiger partial charge in [-0.15, -0.1) is 0 Å². The van der Waals surface area contributed by atoms with Gasteiger partial charge in [-0.1, -0.05) is 17.3 Å². The van der Waals surface area contributed by atoms with Crippen molar-refractivity contribution >= 4 is 0 Å². The molecule has 2 heterocycles. The lowest BCUT2D eigenvalue weighted by atomic mass is 10.1. The van der Waals surface area contributed by atoms with Crippen LogP contribution in [0.4, 0.5) is 0 Å². The average molecular weight is 303 g/mol. The molecule has 0 aliphatic carbocycles. The fraction of sp³-hybridized carbons (Fsp3) is 0.500. The van der Waals surface area contributed by atoms with Gasteiger partial charge in [-0.3, -0.25) is 4.90 Å². The summed E-state index contributed by atoms with van der Waals surface area (Å²) >= 11 is 0. The maximum absolute atomic E-state index is 9.70. The Morgan fingerprint density at radius 3 is 2.86 bits per heavy atom. The number of piperidine rings is 1. The highest BCUT2D eigenvalue weighted by Gasteiger charge is 2.17. The van der Waals surface area contributed by atoms with Crippen molar-refractivity contribution in [2.75, 3.05) is 13.1 Å². The predicted molar refractivity (Wildman–Crippen MR) is 80.3 cm³/mol. The molecular formula is C16H21N3O3. The predicted octanol–water partition coefficient (Wildman–Crippen LogP) is 1.91. The molecule has 118 valence electrons. The molecule has 3 rings (SSSR count). The largest absolute Gasteiger partial charge is 0.485 e. The normalized spacial score (nSPS) is 19.3. The second-order valence-electron chi connectivity index (χ2n) is 5.69. The number of aliphatic hydroxyl groups excluding tert-OH is 1. The highest BCUT2D eigenvalue weighted by molar-refractivity contribution is 5.27. The SMILES string of the molecule is Cc1nc(COc2ccc(CN3CCCC(O)C3)cc2)no1. The average Bonchev–Trinajstić information content (AvgIpc) is 2.92. The van der Waals surface area contributed by atoms with Crippen molar-refractivity contribution in [1.29, 1.82) is 0 Å². The Hall–Kier alpha value is -1.92. The van der Waals surface area contributed by atoms with Crippen molar-refractivity contribution < 1.29 is 14.4 Å². The highest BCUT2D eigenvalue weighted by atomic mass is 16.5. The number of benzene rings is 1. The summed E-state index contributed by atoms with van der Waals surface area (Å²) in [7, 11) is 0. The molecule has 1 saturated heterocycles. The van der Waals surface area contributed by atoms with Crippen LogP contribution in [0, 0.1) is 6.92 Å². The van der Waals surface area contributed by atoms with E-state index in [0.717, 1.165) is 38.2 Å². The molecule has 0 bridgehead atoms. The quantitative estimate of drug-likeness (QED) is 0.910. The van der Waals surface area contributed by atoms with Gasteiger partial charge in [0.1, 0.15) is 5.75 Å². The van der Waals surface area contributed by atoms with E-state index in [1.54, 1.807) is 6.92 Å². The molecule has 1 unspecified atom stereocenters. The standard InChI is InChI=1S/C16H21N3O3/c1-12-17-16(18-22-12)11-21-15-6-4-13(5-7-15)9-19-8-2-3-14(20)10-19/h4-7,14,20H,2-3,8-11H2,1H3. The number of aliphatic hydroxyl groups is 1. The first-order valence-electron chi connectivity index (χ1n) is 7.60. The van der Waals surface area contributed by atoms with Crippen LogP contribution >= 0.6 is 0 Å². The van der Waals surface area contributed by atoms with E-state index in [2.05, 4.69) is 27.2 Å². The van der Waals surface area contributed by atoms with E-state index in [1.165, 1.54) is 5.56 Å². The zero-order valence-electron chi connectivity index (χ0n) is 12.7. The van der Waals surface area contributed by atoms with E-state index >= 15 is 0 Å². The van der Waals surface area contributed by atoms with Crippen LogP contribution in [-0.2, 0) is 13.2 Å².